The van der Waals surface area contributed by atoms with E-state index in [1.807, 2.05) is 60.7 Å². The number of Topliss-reactive ketones (excluding diaryl/α,β-unsaturated/α-hetero) is 1. The average Bonchev–Trinajstić information content (AvgIpc) is 3.39. The fraction of sp³-hybridized carbons (Fsp3) is 0.114. The lowest BCUT2D eigenvalue weighted by atomic mass is 10.0. The maximum Gasteiger partial charge on any atom is 0.338 e. The van der Waals surface area contributed by atoms with Crippen LogP contribution in [0, 0.1) is 0 Å². The molecule has 0 aliphatic carbocycles. The minimum Gasteiger partial charge on any atom is -0.497 e. The molecule has 1 aliphatic heterocycles. The number of thioether (sulfide) groups is 1. The van der Waals surface area contributed by atoms with Crippen molar-refractivity contribution in [3.8, 4) is 28.3 Å². The molecule has 228 valence electrons. The lowest BCUT2D eigenvalue weighted by Gasteiger charge is -2.15. The van der Waals surface area contributed by atoms with Crippen LogP contribution in [-0.2, 0) is 14.3 Å². The van der Waals surface area contributed by atoms with E-state index in [2.05, 4.69) is 10.2 Å². The number of nitrogens with zero attached hydrogens (tertiary/aromatic N) is 4. The van der Waals surface area contributed by atoms with E-state index in [-0.39, 0.29) is 28.8 Å². The minimum absolute atomic E-state index is 0.0514. The van der Waals surface area contributed by atoms with Crippen molar-refractivity contribution in [2.24, 2.45) is 0 Å². The quantitative estimate of drug-likeness (QED) is 0.108. The molecule has 1 atom stereocenters. The van der Waals surface area contributed by atoms with Gasteiger partial charge in [0.15, 0.2) is 12.4 Å². The molecule has 5 aromatic rings. The minimum atomic E-state index is -0.757. The topological polar surface area (TPSA) is 129 Å². The Bertz CT molecular complexity index is 1920. The van der Waals surface area contributed by atoms with Gasteiger partial charge in [-0.15, -0.1) is 10.2 Å². The first kappa shape index (κ1) is 30.4. The molecular formula is C35H26N4O6S. The lowest BCUT2D eigenvalue weighted by Crippen LogP contribution is -2.31. The molecule has 1 aliphatic rings. The summed E-state index contributed by atoms with van der Waals surface area (Å²) in [5.74, 6) is -1.40. The Balaban J connectivity index is 1.13. The van der Waals surface area contributed by atoms with Crippen LogP contribution in [0.15, 0.2) is 114 Å². The number of ketones is 1. The van der Waals surface area contributed by atoms with Crippen LogP contribution >= 0.6 is 11.8 Å². The van der Waals surface area contributed by atoms with Crippen LogP contribution < -0.4 is 9.64 Å². The maximum absolute atomic E-state index is 13.4. The molecule has 1 saturated heterocycles. The van der Waals surface area contributed by atoms with Gasteiger partial charge in [0.05, 0.1) is 18.4 Å². The van der Waals surface area contributed by atoms with Crippen LogP contribution in [0.2, 0.25) is 0 Å². The first-order valence-electron chi connectivity index (χ1n) is 14.2. The molecule has 0 bridgehead atoms. The third kappa shape index (κ3) is 6.54. The van der Waals surface area contributed by atoms with E-state index in [4.69, 9.17) is 14.5 Å². The van der Waals surface area contributed by atoms with Gasteiger partial charge >= 0.3 is 5.97 Å². The largest absolute Gasteiger partial charge is 0.497 e. The van der Waals surface area contributed by atoms with Crippen molar-refractivity contribution < 1.29 is 28.7 Å². The number of anilines is 1. The Morgan fingerprint density at radius 2 is 1.48 bits per heavy atom. The van der Waals surface area contributed by atoms with E-state index in [1.165, 1.54) is 31.4 Å². The fourth-order valence-corrected chi connectivity index (χ4v) is 5.80. The Labute approximate surface area is 268 Å². The molecular weight excluding hydrogens is 604 g/mol. The summed E-state index contributed by atoms with van der Waals surface area (Å²) in [7, 11) is 1.49. The first-order valence-corrected chi connectivity index (χ1v) is 15.1. The summed E-state index contributed by atoms with van der Waals surface area (Å²) in [6.07, 6.45) is -0.0514. The van der Waals surface area contributed by atoms with Gasteiger partial charge in [-0.1, -0.05) is 84.6 Å². The number of rotatable bonds is 10. The van der Waals surface area contributed by atoms with Gasteiger partial charge in [0.2, 0.25) is 17.0 Å². The molecule has 0 saturated carbocycles. The average molecular weight is 631 g/mol. The summed E-state index contributed by atoms with van der Waals surface area (Å²) in [6.45, 7) is -0.453. The fourth-order valence-electron chi connectivity index (χ4n) is 4.88. The van der Waals surface area contributed by atoms with Crippen molar-refractivity contribution >= 4 is 41.0 Å². The van der Waals surface area contributed by atoms with Gasteiger partial charge in [-0.3, -0.25) is 14.4 Å². The monoisotopic (exact) mass is 630 g/mol. The molecule has 1 fully saturated rings. The first-order chi connectivity index (χ1) is 22.4. The summed E-state index contributed by atoms with van der Waals surface area (Å²) in [6, 6.07) is 31.6. The number of carbonyl (C=O) groups is 4. The molecule has 1 unspecified atom stereocenters. The van der Waals surface area contributed by atoms with Crippen LogP contribution in [0.4, 0.5) is 5.69 Å². The van der Waals surface area contributed by atoms with E-state index in [1.54, 1.807) is 24.3 Å². The second kappa shape index (κ2) is 13.5. The number of hydrogen-bond acceptors (Lipinski definition) is 10. The summed E-state index contributed by atoms with van der Waals surface area (Å²) in [5, 5.41) is 8.26. The van der Waals surface area contributed by atoms with Gasteiger partial charge < -0.3 is 9.47 Å². The molecule has 2 amide bonds. The summed E-state index contributed by atoms with van der Waals surface area (Å²) >= 11 is 1.08. The molecule has 1 aromatic heterocycles. The Morgan fingerprint density at radius 1 is 0.804 bits per heavy atom. The number of esters is 1. The standard InChI is InChI=1S/C35H26N4O6S/c1-44-27-14-8-13-25(19-27)28(40)21-45-34(43)24-15-17-26(18-16-24)39-30(41)20-29(33(39)42)46-35-36-31(22-9-4-2-5-10-22)32(37-38-35)23-11-6-3-7-12-23/h2-19,29H,20-21H2,1H3. The molecule has 0 radical (unpaired) electrons. The number of hydrogen-bond donors (Lipinski definition) is 0. The van der Waals surface area contributed by atoms with Crippen molar-refractivity contribution in [2.75, 3.05) is 18.6 Å². The zero-order valence-corrected chi connectivity index (χ0v) is 25.3. The van der Waals surface area contributed by atoms with Crippen molar-refractivity contribution in [2.45, 2.75) is 16.8 Å². The van der Waals surface area contributed by atoms with Crippen molar-refractivity contribution in [1.82, 2.24) is 15.2 Å². The number of methoxy groups -OCH3 is 1. The lowest BCUT2D eigenvalue weighted by molar-refractivity contribution is -0.121. The third-order valence-corrected chi connectivity index (χ3v) is 8.24. The molecule has 0 N–H and O–H groups in total. The van der Waals surface area contributed by atoms with Gasteiger partial charge in [0.1, 0.15) is 22.4 Å². The zero-order valence-electron chi connectivity index (χ0n) is 24.5. The number of benzene rings is 4. The number of ether oxygens (including phenoxy) is 2. The Hall–Kier alpha value is -5.68. The van der Waals surface area contributed by atoms with Crippen LogP contribution in [0.3, 0.4) is 0 Å². The SMILES string of the molecule is COc1cccc(C(=O)COC(=O)c2ccc(N3C(=O)CC(Sc4nnc(-c5ccccc5)c(-c5ccccc5)n4)C3=O)cc2)c1. The van der Waals surface area contributed by atoms with Gasteiger partial charge in [-0.25, -0.2) is 14.7 Å². The molecule has 46 heavy (non-hydrogen) atoms. The highest BCUT2D eigenvalue weighted by molar-refractivity contribution is 8.00. The van der Waals surface area contributed by atoms with E-state index in [0.717, 1.165) is 27.8 Å². The van der Waals surface area contributed by atoms with Crippen molar-refractivity contribution in [3.63, 3.8) is 0 Å². The highest BCUT2D eigenvalue weighted by Crippen LogP contribution is 2.35. The summed E-state index contributed by atoms with van der Waals surface area (Å²) in [5.41, 5.74) is 3.75. The second-order valence-corrected chi connectivity index (χ2v) is 11.3. The zero-order chi connectivity index (χ0) is 32.0. The second-order valence-electron chi connectivity index (χ2n) is 10.2. The van der Waals surface area contributed by atoms with Gasteiger partial charge in [-0.05, 0) is 36.4 Å². The van der Waals surface area contributed by atoms with Gasteiger partial charge in [0.25, 0.3) is 0 Å². The number of amides is 2. The molecule has 6 rings (SSSR count). The molecule has 4 aromatic carbocycles. The third-order valence-electron chi connectivity index (χ3n) is 7.20. The van der Waals surface area contributed by atoms with E-state index in [9.17, 15) is 19.2 Å². The predicted molar refractivity (Wildman–Crippen MR) is 172 cm³/mol. The summed E-state index contributed by atoms with van der Waals surface area (Å²) in [4.78, 5) is 57.3. The predicted octanol–water partition coefficient (Wildman–Crippen LogP) is 5.68. The molecule has 0 spiro atoms. The van der Waals surface area contributed by atoms with Crippen molar-refractivity contribution in [3.05, 3.63) is 120 Å². The van der Waals surface area contributed by atoms with Crippen LogP contribution in [-0.4, -0.2) is 57.7 Å². The Morgan fingerprint density at radius 3 is 2.15 bits per heavy atom. The highest BCUT2D eigenvalue weighted by Gasteiger charge is 2.41. The van der Waals surface area contributed by atoms with E-state index < -0.39 is 23.7 Å². The van der Waals surface area contributed by atoms with Gasteiger partial charge in [0, 0.05) is 23.1 Å². The number of carbonyl (C=O) groups excluding carboxylic acids is 4. The summed E-state index contributed by atoms with van der Waals surface area (Å²) < 4.78 is 10.3. The number of imide groups is 1. The van der Waals surface area contributed by atoms with Crippen LogP contribution in [0.1, 0.15) is 27.1 Å². The normalized spacial score (nSPS) is 14.3. The highest BCUT2D eigenvalue weighted by atomic mass is 32.2. The molecule has 11 heteroatoms. The van der Waals surface area contributed by atoms with Crippen LogP contribution in [0.25, 0.3) is 22.5 Å². The molecule has 2 heterocycles. The van der Waals surface area contributed by atoms with Gasteiger partial charge in [-0.2, -0.15) is 0 Å². The van der Waals surface area contributed by atoms with E-state index >= 15 is 0 Å². The van der Waals surface area contributed by atoms with Crippen molar-refractivity contribution in [1.29, 1.82) is 0 Å². The Kier molecular flexibility index (Phi) is 8.93. The smallest absolute Gasteiger partial charge is 0.338 e. The maximum atomic E-state index is 13.4. The van der Waals surface area contributed by atoms with Crippen LogP contribution in [0.5, 0.6) is 5.75 Å². The van der Waals surface area contributed by atoms with E-state index in [0.29, 0.717) is 28.4 Å². The number of aromatic nitrogens is 3. The molecule has 10 nitrogen and oxygen atoms in total.